The molecule has 0 radical (unpaired) electrons. The zero-order valence-corrected chi connectivity index (χ0v) is 18.8. The molecule has 1 spiro atoms. The number of carbonyl (C=O) groups excluding carboxylic acids is 3. The molecule has 1 saturated heterocycles. The van der Waals surface area contributed by atoms with Crippen molar-refractivity contribution in [1.29, 1.82) is 0 Å². The number of amides is 4. The lowest BCUT2D eigenvalue weighted by Gasteiger charge is -2.36. The maximum absolute atomic E-state index is 13.1. The summed E-state index contributed by atoms with van der Waals surface area (Å²) in [6.07, 6.45) is 3.54. The van der Waals surface area contributed by atoms with Crippen molar-refractivity contribution >= 4 is 17.8 Å². The van der Waals surface area contributed by atoms with Gasteiger partial charge in [-0.1, -0.05) is 71.7 Å². The summed E-state index contributed by atoms with van der Waals surface area (Å²) in [4.78, 5) is 39.6. The zero-order chi connectivity index (χ0) is 22.1. The molecule has 0 bridgehead atoms. The summed E-state index contributed by atoms with van der Waals surface area (Å²) in [5.41, 5.74) is 1.44. The van der Waals surface area contributed by atoms with Crippen molar-refractivity contribution in [3.8, 4) is 0 Å². The minimum absolute atomic E-state index is 0.0821. The summed E-state index contributed by atoms with van der Waals surface area (Å²) in [5, 5.41) is 5.95. The summed E-state index contributed by atoms with van der Waals surface area (Å²) < 4.78 is 0. The molecule has 1 aliphatic heterocycles. The van der Waals surface area contributed by atoms with Crippen LogP contribution in [0.4, 0.5) is 4.79 Å². The van der Waals surface area contributed by atoms with Crippen LogP contribution in [0.2, 0.25) is 0 Å². The zero-order valence-electron chi connectivity index (χ0n) is 18.8. The Morgan fingerprint density at radius 2 is 1.77 bits per heavy atom. The first-order valence-electron chi connectivity index (χ1n) is 11.2. The molecule has 3 rings (SSSR count). The van der Waals surface area contributed by atoms with Gasteiger partial charge in [-0.3, -0.25) is 14.5 Å². The van der Waals surface area contributed by atoms with Gasteiger partial charge in [-0.2, -0.15) is 0 Å². The average molecular weight is 414 g/mol. The van der Waals surface area contributed by atoms with Gasteiger partial charge >= 0.3 is 6.03 Å². The molecule has 30 heavy (non-hydrogen) atoms. The van der Waals surface area contributed by atoms with Crippen molar-refractivity contribution in [2.45, 2.75) is 77.8 Å². The van der Waals surface area contributed by atoms with Gasteiger partial charge in [0.2, 0.25) is 5.91 Å². The molecule has 4 amide bonds. The van der Waals surface area contributed by atoms with Gasteiger partial charge in [-0.05, 0) is 41.7 Å². The Morgan fingerprint density at radius 1 is 1.13 bits per heavy atom. The van der Waals surface area contributed by atoms with Gasteiger partial charge in [0.05, 0.1) is 6.04 Å². The van der Waals surface area contributed by atoms with E-state index in [9.17, 15) is 14.4 Å². The summed E-state index contributed by atoms with van der Waals surface area (Å²) in [5.74, 6) is 0.133. The second-order valence-corrected chi connectivity index (χ2v) is 9.55. The molecule has 3 atom stereocenters. The molecule has 1 heterocycles. The van der Waals surface area contributed by atoms with E-state index in [-0.39, 0.29) is 36.2 Å². The molecule has 2 N–H and O–H groups in total. The Morgan fingerprint density at radius 3 is 2.33 bits per heavy atom. The first-order chi connectivity index (χ1) is 14.2. The van der Waals surface area contributed by atoms with Crippen LogP contribution in [-0.4, -0.2) is 34.8 Å². The van der Waals surface area contributed by atoms with Gasteiger partial charge < -0.3 is 10.6 Å². The minimum Gasteiger partial charge on any atom is -0.347 e. The number of rotatable bonds is 6. The first-order valence-corrected chi connectivity index (χ1v) is 11.2. The molecule has 6 nitrogen and oxygen atoms in total. The Kier molecular flexibility index (Phi) is 6.53. The largest absolute Gasteiger partial charge is 0.347 e. The summed E-state index contributed by atoms with van der Waals surface area (Å²) in [6, 6.07) is 7.65. The first kappa shape index (κ1) is 22.3. The van der Waals surface area contributed by atoms with Gasteiger partial charge in [0.1, 0.15) is 12.1 Å². The predicted molar refractivity (Wildman–Crippen MR) is 117 cm³/mol. The van der Waals surface area contributed by atoms with E-state index in [0.29, 0.717) is 12.3 Å². The number of nitrogens with zero attached hydrogens (tertiary/aromatic N) is 1. The van der Waals surface area contributed by atoms with Crippen molar-refractivity contribution in [1.82, 2.24) is 15.5 Å². The number of nitrogens with one attached hydrogen (secondary N) is 2. The van der Waals surface area contributed by atoms with Crippen LogP contribution in [0.25, 0.3) is 0 Å². The number of carbonyl (C=O) groups is 3. The van der Waals surface area contributed by atoms with Gasteiger partial charge in [-0.25, -0.2) is 4.79 Å². The van der Waals surface area contributed by atoms with Crippen LogP contribution in [0, 0.1) is 11.8 Å². The number of hydrogen-bond acceptors (Lipinski definition) is 3. The number of hydrogen-bond donors (Lipinski definition) is 2. The molecule has 6 heteroatoms. The quantitative estimate of drug-likeness (QED) is 0.689. The second kappa shape index (κ2) is 8.78. The van der Waals surface area contributed by atoms with E-state index in [0.717, 1.165) is 29.7 Å². The highest BCUT2D eigenvalue weighted by molar-refractivity contribution is 6.09. The lowest BCUT2D eigenvalue weighted by molar-refractivity contribution is -0.137. The summed E-state index contributed by atoms with van der Waals surface area (Å²) >= 11 is 0. The molecule has 2 aliphatic rings. The van der Waals surface area contributed by atoms with Gasteiger partial charge in [0.25, 0.3) is 5.91 Å². The summed E-state index contributed by atoms with van der Waals surface area (Å²) in [6.45, 7) is 10.2. The molecular formula is C24H35N3O3. The van der Waals surface area contributed by atoms with E-state index in [1.165, 1.54) is 5.56 Å². The fourth-order valence-electron chi connectivity index (χ4n) is 4.72. The van der Waals surface area contributed by atoms with E-state index in [1.54, 1.807) is 0 Å². The van der Waals surface area contributed by atoms with Crippen molar-refractivity contribution in [2.75, 3.05) is 6.54 Å². The van der Waals surface area contributed by atoms with E-state index >= 15 is 0 Å². The van der Waals surface area contributed by atoms with E-state index in [1.807, 2.05) is 32.9 Å². The molecule has 164 valence electrons. The van der Waals surface area contributed by atoms with Gasteiger partial charge in [0, 0.05) is 0 Å². The van der Waals surface area contributed by atoms with Gasteiger partial charge in [0.15, 0.2) is 0 Å². The monoisotopic (exact) mass is 413 g/mol. The molecule has 1 aromatic rings. The Bertz CT molecular complexity index is 802. The maximum Gasteiger partial charge on any atom is 0.325 e. The van der Waals surface area contributed by atoms with Crippen molar-refractivity contribution in [2.24, 2.45) is 11.8 Å². The molecule has 0 unspecified atom stereocenters. The lowest BCUT2D eigenvalue weighted by Crippen LogP contribution is -2.54. The fraction of sp³-hybridized carbons (Fsp3) is 0.625. The van der Waals surface area contributed by atoms with Crippen molar-refractivity contribution in [3.63, 3.8) is 0 Å². The van der Waals surface area contributed by atoms with Crippen LogP contribution in [-0.2, 0) is 9.59 Å². The number of urea groups is 1. The molecule has 1 aliphatic carbocycles. The van der Waals surface area contributed by atoms with E-state index in [4.69, 9.17) is 0 Å². The third kappa shape index (κ3) is 4.23. The molecule has 1 saturated carbocycles. The maximum atomic E-state index is 13.1. The average Bonchev–Trinajstić information content (AvgIpc) is 2.93. The highest BCUT2D eigenvalue weighted by atomic mass is 16.2. The fourth-order valence-corrected chi connectivity index (χ4v) is 4.72. The standard InChI is InChI=1S/C24H35N3O3/c1-15(2)18-9-11-19(12-10-18)21(16(3)4)25-20(28)14-27-22(29)24(26-23(27)30)13-7-6-8-17(24)5/h9-12,15-17,21H,6-8,13-14H2,1-5H3,(H,25,28)(H,26,30)/t17-,21-,24+/m1/s1. The van der Waals surface area contributed by atoms with Crippen molar-refractivity contribution < 1.29 is 14.4 Å². The predicted octanol–water partition coefficient (Wildman–Crippen LogP) is 4.12. The minimum atomic E-state index is -0.834. The van der Waals surface area contributed by atoms with Crippen LogP contribution < -0.4 is 10.6 Å². The highest BCUT2D eigenvalue weighted by Crippen LogP contribution is 2.38. The third-order valence-electron chi connectivity index (χ3n) is 6.75. The molecular weight excluding hydrogens is 378 g/mol. The van der Waals surface area contributed by atoms with E-state index < -0.39 is 11.6 Å². The third-order valence-corrected chi connectivity index (χ3v) is 6.75. The molecule has 0 aromatic heterocycles. The SMILES string of the molecule is CC(C)c1ccc([C@H](NC(=O)CN2C(=O)N[C@]3(CCCC[C@H]3C)C2=O)C(C)C)cc1. The highest BCUT2D eigenvalue weighted by Gasteiger charge is 2.55. The van der Waals surface area contributed by atoms with Crippen LogP contribution >= 0.6 is 0 Å². The smallest absolute Gasteiger partial charge is 0.325 e. The molecule has 2 fully saturated rings. The second-order valence-electron chi connectivity index (χ2n) is 9.55. The van der Waals surface area contributed by atoms with Crippen LogP contribution in [0.5, 0.6) is 0 Å². The Hall–Kier alpha value is -2.37. The lowest BCUT2D eigenvalue weighted by atomic mass is 9.73. The van der Waals surface area contributed by atoms with E-state index in [2.05, 4.69) is 36.6 Å². The van der Waals surface area contributed by atoms with Crippen LogP contribution in [0.1, 0.15) is 83.4 Å². The van der Waals surface area contributed by atoms with Crippen LogP contribution in [0.3, 0.4) is 0 Å². The van der Waals surface area contributed by atoms with Gasteiger partial charge in [-0.15, -0.1) is 0 Å². The summed E-state index contributed by atoms with van der Waals surface area (Å²) in [7, 11) is 0. The van der Waals surface area contributed by atoms with Crippen LogP contribution in [0.15, 0.2) is 24.3 Å². The Balaban J connectivity index is 1.70. The Labute approximate surface area is 179 Å². The normalized spacial score (nSPS) is 25.2. The number of benzene rings is 1. The van der Waals surface area contributed by atoms with Crippen molar-refractivity contribution in [3.05, 3.63) is 35.4 Å². The number of imide groups is 1. The topological polar surface area (TPSA) is 78.5 Å². The molecule has 1 aromatic carbocycles.